The van der Waals surface area contributed by atoms with Crippen molar-refractivity contribution < 1.29 is 9.13 Å². The van der Waals surface area contributed by atoms with Gasteiger partial charge in [0.05, 0.1) is 5.92 Å². The quantitative estimate of drug-likeness (QED) is 0.787. The molecule has 4 nitrogen and oxygen atoms in total. The van der Waals surface area contributed by atoms with Crippen molar-refractivity contribution in [2.75, 3.05) is 5.73 Å². The summed E-state index contributed by atoms with van der Waals surface area (Å²) < 4.78 is 19.6. The summed E-state index contributed by atoms with van der Waals surface area (Å²) in [6.07, 6.45) is 0. The molecule has 5 heteroatoms. The fourth-order valence-corrected chi connectivity index (χ4v) is 2.50. The second kappa shape index (κ2) is 4.84. The number of anilines is 1. The first kappa shape index (κ1) is 13.0. The van der Waals surface area contributed by atoms with E-state index in [1.165, 1.54) is 6.07 Å². The van der Waals surface area contributed by atoms with Crippen molar-refractivity contribution in [2.24, 2.45) is 5.73 Å². The van der Waals surface area contributed by atoms with E-state index in [4.69, 9.17) is 16.2 Å². The van der Waals surface area contributed by atoms with Crippen LogP contribution in [0.1, 0.15) is 17.0 Å². The Bertz CT molecular complexity index is 792. The molecule has 0 aliphatic carbocycles. The SMILES string of the molecule is N#CC1=C(N)Oc2cc(N)ccc2[C@H]1c1ccccc1F. The summed E-state index contributed by atoms with van der Waals surface area (Å²) in [5.74, 6) is -0.572. The fourth-order valence-electron chi connectivity index (χ4n) is 2.50. The molecule has 2 aromatic rings. The molecule has 0 radical (unpaired) electrons. The van der Waals surface area contributed by atoms with E-state index in [2.05, 4.69) is 0 Å². The predicted molar refractivity (Wildman–Crippen MR) is 76.6 cm³/mol. The lowest BCUT2D eigenvalue weighted by Gasteiger charge is -2.26. The van der Waals surface area contributed by atoms with Gasteiger partial charge in [-0.1, -0.05) is 24.3 Å². The van der Waals surface area contributed by atoms with Gasteiger partial charge in [0.1, 0.15) is 23.2 Å². The van der Waals surface area contributed by atoms with Crippen LogP contribution in [-0.2, 0) is 0 Å². The summed E-state index contributed by atoms with van der Waals surface area (Å²) in [5, 5.41) is 9.35. The van der Waals surface area contributed by atoms with Gasteiger partial charge < -0.3 is 16.2 Å². The van der Waals surface area contributed by atoms with Crippen LogP contribution in [0.15, 0.2) is 53.9 Å². The number of fused-ring (bicyclic) bond motifs is 1. The Kier molecular flexibility index (Phi) is 2.99. The van der Waals surface area contributed by atoms with Gasteiger partial charge in [0.15, 0.2) is 0 Å². The number of nitrogens with two attached hydrogens (primary N) is 2. The van der Waals surface area contributed by atoms with E-state index in [1.54, 1.807) is 36.4 Å². The number of hydrogen-bond donors (Lipinski definition) is 2. The summed E-state index contributed by atoms with van der Waals surface area (Å²) >= 11 is 0. The van der Waals surface area contributed by atoms with Crippen LogP contribution >= 0.6 is 0 Å². The van der Waals surface area contributed by atoms with Crippen molar-refractivity contribution in [2.45, 2.75) is 5.92 Å². The molecule has 0 bridgehead atoms. The Hall–Kier alpha value is -3.00. The summed E-state index contributed by atoms with van der Waals surface area (Å²) in [7, 11) is 0. The fraction of sp³-hybridized carbons (Fsp3) is 0.0625. The minimum absolute atomic E-state index is 0.0242. The van der Waals surface area contributed by atoms with Crippen molar-refractivity contribution in [3.8, 4) is 11.8 Å². The first-order chi connectivity index (χ1) is 10.1. The van der Waals surface area contributed by atoms with E-state index in [-0.39, 0.29) is 11.5 Å². The number of allylic oxidation sites excluding steroid dienone is 1. The monoisotopic (exact) mass is 281 g/mol. The highest BCUT2D eigenvalue weighted by Crippen LogP contribution is 2.43. The summed E-state index contributed by atoms with van der Waals surface area (Å²) in [6.45, 7) is 0. The number of hydrogen-bond acceptors (Lipinski definition) is 4. The molecular formula is C16H12FN3O. The van der Waals surface area contributed by atoms with Crippen LogP contribution < -0.4 is 16.2 Å². The van der Waals surface area contributed by atoms with Crippen molar-refractivity contribution in [3.05, 3.63) is 70.9 Å². The standard InChI is InChI=1S/C16H12FN3O/c17-13-4-2-1-3-10(13)15-11-6-5-9(19)7-14(11)21-16(20)12(15)8-18/h1-7,15H,19-20H2/t15-/m1/s1. The number of nitrogen functional groups attached to an aromatic ring is 1. The molecule has 2 aromatic carbocycles. The van der Waals surface area contributed by atoms with E-state index in [0.717, 1.165) is 0 Å². The maximum Gasteiger partial charge on any atom is 0.205 e. The number of benzene rings is 2. The van der Waals surface area contributed by atoms with Gasteiger partial charge in [-0.05, 0) is 12.1 Å². The van der Waals surface area contributed by atoms with Gasteiger partial charge in [0.2, 0.25) is 5.88 Å². The molecule has 0 amide bonds. The normalized spacial score (nSPS) is 16.9. The smallest absolute Gasteiger partial charge is 0.205 e. The molecule has 104 valence electrons. The first-order valence-corrected chi connectivity index (χ1v) is 6.33. The van der Waals surface area contributed by atoms with Crippen LogP contribution in [-0.4, -0.2) is 0 Å². The molecule has 0 saturated carbocycles. The van der Waals surface area contributed by atoms with Crippen LogP contribution in [0.3, 0.4) is 0 Å². The molecule has 0 saturated heterocycles. The second-order valence-electron chi connectivity index (χ2n) is 4.74. The Labute approximate surface area is 121 Å². The molecular weight excluding hydrogens is 269 g/mol. The summed E-state index contributed by atoms with van der Waals surface area (Å²) in [6, 6.07) is 13.4. The lowest BCUT2D eigenvalue weighted by Crippen LogP contribution is -2.21. The Morgan fingerprint density at radius 3 is 2.57 bits per heavy atom. The Morgan fingerprint density at radius 1 is 1.10 bits per heavy atom. The predicted octanol–water partition coefficient (Wildman–Crippen LogP) is 2.63. The highest BCUT2D eigenvalue weighted by Gasteiger charge is 2.32. The van der Waals surface area contributed by atoms with E-state index >= 15 is 0 Å². The zero-order valence-corrected chi connectivity index (χ0v) is 11.0. The van der Waals surface area contributed by atoms with Crippen molar-refractivity contribution in [1.82, 2.24) is 0 Å². The minimum atomic E-state index is -0.597. The molecule has 4 N–H and O–H groups in total. The van der Waals surface area contributed by atoms with E-state index < -0.39 is 11.7 Å². The number of nitrogens with zero attached hydrogens (tertiary/aromatic N) is 1. The Morgan fingerprint density at radius 2 is 1.86 bits per heavy atom. The lowest BCUT2D eigenvalue weighted by atomic mass is 9.83. The Balaban J connectivity index is 2.27. The van der Waals surface area contributed by atoms with Gasteiger partial charge in [-0.3, -0.25) is 0 Å². The first-order valence-electron chi connectivity index (χ1n) is 6.33. The molecule has 0 unspecified atom stereocenters. The van der Waals surface area contributed by atoms with Crippen LogP contribution in [0.2, 0.25) is 0 Å². The second-order valence-corrected chi connectivity index (χ2v) is 4.74. The average Bonchev–Trinajstić information content (AvgIpc) is 2.46. The number of ether oxygens (including phenoxy) is 1. The van der Waals surface area contributed by atoms with Crippen molar-refractivity contribution in [3.63, 3.8) is 0 Å². The third kappa shape index (κ3) is 2.07. The molecule has 1 heterocycles. The summed E-state index contributed by atoms with van der Waals surface area (Å²) in [5.41, 5.74) is 13.3. The molecule has 0 fully saturated rings. The van der Waals surface area contributed by atoms with E-state index in [9.17, 15) is 9.65 Å². The maximum absolute atomic E-state index is 14.1. The van der Waals surface area contributed by atoms with Gasteiger partial charge in [0.25, 0.3) is 0 Å². The molecule has 1 aliphatic heterocycles. The number of halogens is 1. The molecule has 3 rings (SSSR count). The third-order valence-corrected chi connectivity index (χ3v) is 3.46. The lowest BCUT2D eigenvalue weighted by molar-refractivity contribution is 0.393. The summed E-state index contributed by atoms with van der Waals surface area (Å²) in [4.78, 5) is 0. The largest absolute Gasteiger partial charge is 0.440 e. The van der Waals surface area contributed by atoms with Crippen LogP contribution in [0.25, 0.3) is 0 Å². The maximum atomic E-state index is 14.1. The molecule has 0 spiro atoms. The van der Waals surface area contributed by atoms with Crippen molar-refractivity contribution in [1.29, 1.82) is 5.26 Å². The van der Waals surface area contributed by atoms with Gasteiger partial charge in [-0.15, -0.1) is 0 Å². The molecule has 1 atom stereocenters. The average molecular weight is 281 g/mol. The topological polar surface area (TPSA) is 85.1 Å². The number of rotatable bonds is 1. The highest BCUT2D eigenvalue weighted by atomic mass is 19.1. The van der Waals surface area contributed by atoms with Gasteiger partial charge in [-0.2, -0.15) is 5.26 Å². The van der Waals surface area contributed by atoms with Crippen LogP contribution in [0, 0.1) is 17.1 Å². The molecule has 21 heavy (non-hydrogen) atoms. The van der Waals surface area contributed by atoms with Gasteiger partial charge >= 0.3 is 0 Å². The highest BCUT2D eigenvalue weighted by molar-refractivity contribution is 5.59. The zero-order chi connectivity index (χ0) is 15.0. The van der Waals surface area contributed by atoms with Crippen molar-refractivity contribution >= 4 is 5.69 Å². The molecule has 1 aliphatic rings. The van der Waals surface area contributed by atoms with Crippen LogP contribution in [0.5, 0.6) is 5.75 Å². The third-order valence-electron chi connectivity index (χ3n) is 3.46. The van der Waals surface area contributed by atoms with Gasteiger partial charge in [0, 0.05) is 22.9 Å². The zero-order valence-electron chi connectivity index (χ0n) is 11.0. The van der Waals surface area contributed by atoms with E-state index in [1.807, 2.05) is 6.07 Å². The molecule has 0 aromatic heterocycles. The number of nitriles is 1. The van der Waals surface area contributed by atoms with Gasteiger partial charge in [-0.25, -0.2) is 4.39 Å². The van der Waals surface area contributed by atoms with Crippen LogP contribution in [0.4, 0.5) is 10.1 Å². The minimum Gasteiger partial charge on any atom is -0.440 e. The van der Waals surface area contributed by atoms with E-state index in [0.29, 0.717) is 22.6 Å².